The van der Waals surface area contributed by atoms with Crippen LogP contribution < -0.4 is 5.43 Å². The molecule has 16 heavy (non-hydrogen) atoms. The molecule has 0 aromatic heterocycles. The van der Waals surface area contributed by atoms with Crippen LogP contribution in [0.3, 0.4) is 0 Å². The van der Waals surface area contributed by atoms with Gasteiger partial charge in [0, 0.05) is 12.0 Å². The molecule has 3 rings (SSSR count). The van der Waals surface area contributed by atoms with Crippen molar-refractivity contribution in [1.82, 2.24) is 10.4 Å². The second-order valence-corrected chi connectivity index (χ2v) is 5.99. The molecule has 3 aliphatic rings. The van der Waals surface area contributed by atoms with Crippen LogP contribution in [-0.4, -0.2) is 23.5 Å². The molecule has 1 aliphatic heterocycles. The van der Waals surface area contributed by atoms with Crippen LogP contribution in [0.25, 0.3) is 0 Å². The molecule has 1 N–H and O–H groups in total. The summed E-state index contributed by atoms with van der Waals surface area (Å²) in [5.41, 5.74) is 2.50. The van der Waals surface area contributed by atoms with Gasteiger partial charge in [0.1, 0.15) is 5.54 Å². The molecule has 4 heteroatoms. The van der Waals surface area contributed by atoms with Crippen molar-refractivity contribution in [3.8, 4) is 6.07 Å². The number of nitrogens with zero attached hydrogens (tertiary/aromatic N) is 2. The second-order valence-electron chi connectivity index (χ2n) is 5.99. The van der Waals surface area contributed by atoms with Crippen LogP contribution in [-0.2, 0) is 4.79 Å². The number of amides is 1. The van der Waals surface area contributed by atoms with Crippen molar-refractivity contribution in [2.45, 2.75) is 38.6 Å². The minimum Gasteiger partial charge on any atom is -0.290 e. The van der Waals surface area contributed by atoms with E-state index in [1.165, 1.54) is 6.42 Å². The molecule has 1 heterocycles. The van der Waals surface area contributed by atoms with Crippen molar-refractivity contribution >= 4 is 6.41 Å². The minimum absolute atomic E-state index is 0.0371. The zero-order chi connectivity index (χ0) is 11.6. The highest BCUT2D eigenvalue weighted by molar-refractivity contribution is 5.47. The van der Waals surface area contributed by atoms with Gasteiger partial charge in [-0.1, -0.05) is 13.8 Å². The second kappa shape index (κ2) is 2.60. The molecule has 0 aromatic rings. The normalized spacial score (nSPS) is 53.9. The zero-order valence-electron chi connectivity index (χ0n) is 9.79. The molecule has 4 atom stereocenters. The van der Waals surface area contributed by atoms with Crippen LogP contribution >= 0.6 is 0 Å². The van der Waals surface area contributed by atoms with Crippen LogP contribution in [0.4, 0.5) is 0 Å². The van der Waals surface area contributed by atoms with Crippen molar-refractivity contribution in [1.29, 1.82) is 5.26 Å². The predicted molar refractivity (Wildman–Crippen MR) is 57.8 cm³/mol. The van der Waals surface area contributed by atoms with Gasteiger partial charge in [0.2, 0.25) is 6.41 Å². The molecule has 2 saturated carbocycles. The lowest BCUT2D eigenvalue weighted by Crippen LogP contribution is -2.57. The fourth-order valence-corrected chi connectivity index (χ4v) is 4.73. The van der Waals surface area contributed by atoms with Crippen LogP contribution in [0.15, 0.2) is 0 Å². The summed E-state index contributed by atoms with van der Waals surface area (Å²) in [5.74, 6) is 0.654. The molecule has 0 spiro atoms. The van der Waals surface area contributed by atoms with E-state index in [0.29, 0.717) is 12.3 Å². The van der Waals surface area contributed by atoms with E-state index in [9.17, 15) is 10.1 Å². The minimum atomic E-state index is -0.467. The van der Waals surface area contributed by atoms with Gasteiger partial charge in [-0.3, -0.25) is 10.2 Å². The van der Waals surface area contributed by atoms with Crippen molar-refractivity contribution in [2.75, 3.05) is 6.54 Å². The van der Waals surface area contributed by atoms with Crippen LogP contribution in [0.1, 0.15) is 33.1 Å². The van der Waals surface area contributed by atoms with Gasteiger partial charge >= 0.3 is 0 Å². The van der Waals surface area contributed by atoms with E-state index < -0.39 is 5.54 Å². The maximum atomic E-state index is 10.6. The highest BCUT2D eigenvalue weighted by atomic mass is 16.1. The SMILES string of the molecule is C[C@]12CC[C@H]3C[C@@]1(C#N)N(NC=O)C[C@@]32C. The van der Waals surface area contributed by atoms with E-state index in [1.807, 2.05) is 5.01 Å². The molecule has 1 amide bonds. The first-order valence-corrected chi connectivity index (χ1v) is 5.93. The number of piperidine rings is 1. The summed E-state index contributed by atoms with van der Waals surface area (Å²) in [4.78, 5) is 10.6. The lowest BCUT2D eigenvalue weighted by Gasteiger charge is -2.42. The topological polar surface area (TPSA) is 56.1 Å². The monoisotopic (exact) mass is 219 g/mol. The van der Waals surface area contributed by atoms with Gasteiger partial charge in [0.25, 0.3) is 0 Å². The van der Waals surface area contributed by atoms with Gasteiger partial charge in [-0.25, -0.2) is 5.01 Å². The van der Waals surface area contributed by atoms with Crippen molar-refractivity contribution < 1.29 is 4.79 Å². The van der Waals surface area contributed by atoms with Crippen molar-refractivity contribution in [3.63, 3.8) is 0 Å². The molecule has 4 nitrogen and oxygen atoms in total. The fraction of sp³-hybridized carbons (Fsp3) is 0.833. The molecular formula is C12H17N3O. The van der Waals surface area contributed by atoms with Crippen molar-refractivity contribution in [3.05, 3.63) is 0 Å². The van der Waals surface area contributed by atoms with E-state index in [1.54, 1.807) is 0 Å². The molecule has 3 fully saturated rings. The summed E-state index contributed by atoms with van der Waals surface area (Å²) in [6.07, 6.45) is 3.96. The first-order chi connectivity index (χ1) is 7.54. The Labute approximate surface area is 95.6 Å². The summed E-state index contributed by atoms with van der Waals surface area (Å²) < 4.78 is 0. The van der Waals surface area contributed by atoms with Gasteiger partial charge in [0.15, 0.2) is 0 Å². The number of rotatable bonds is 2. The Hall–Kier alpha value is -1.08. The Morgan fingerprint density at radius 3 is 2.88 bits per heavy atom. The first-order valence-electron chi connectivity index (χ1n) is 5.93. The molecule has 86 valence electrons. The number of nitriles is 1. The smallest absolute Gasteiger partial charge is 0.221 e. The molecule has 1 saturated heterocycles. The van der Waals surface area contributed by atoms with Crippen molar-refractivity contribution in [2.24, 2.45) is 16.7 Å². The van der Waals surface area contributed by atoms with E-state index >= 15 is 0 Å². The fourth-order valence-electron chi connectivity index (χ4n) is 4.73. The largest absolute Gasteiger partial charge is 0.290 e. The Morgan fingerprint density at radius 2 is 2.31 bits per heavy atom. The highest BCUT2D eigenvalue weighted by Crippen LogP contribution is 2.75. The number of nitrogens with one attached hydrogen (secondary N) is 1. The standard InChI is InChI=1S/C12H17N3O/c1-10-7-15(14-8-16)12(6-13)5-9(10)3-4-11(10,12)2/h8-9H,3-5,7H2,1-2H3,(H,14,16)/t9-,10-,11+,12-/m0/s1. The van der Waals surface area contributed by atoms with E-state index in [4.69, 9.17) is 0 Å². The van der Waals surface area contributed by atoms with Crippen LogP contribution in [0, 0.1) is 28.1 Å². The zero-order valence-corrected chi connectivity index (χ0v) is 9.79. The molecule has 4 bridgehead atoms. The maximum absolute atomic E-state index is 10.6. The summed E-state index contributed by atoms with van der Waals surface area (Å²) in [7, 11) is 0. The Kier molecular flexibility index (Phi) is 1.64. The summed E-state index contributed by atoms with van der Waals surface area (Å²) in [6.45, 7) is 5.34. The third-order valence-electron chi connectivity index (χ3n) is 5.95. The quantitative estimate of drug-likeness (QED) is 0.706. The van der Waals surface area contributed by atoms with E-state index in [0.717, 1.165) is 19.4 Å². The number of carbonyl (C=O) groups is 1. The predicted octanol–water partition coefficient (Wildman–Crippen LogP) is 1.05. The van der Waals surface area contributed by atoms with Gasteiger partial charge in [0.05, 0.1) is 6.07 Å². The third kappa shape index (κ3) is 0.708. The average molecular weight is 219 g/mol. The van der Waals surface area contributed by atoms with E-state index in [2.05, 4.69) is 25.3 Å². The van der Waals surface area contributed by atoms with Gasteiger partial charge in [-0.15, -0.1) is 0 Å². The molecule has 0 aromatic carbocycles. The molecule has 0 unspecified atom stereocenters. The maximum Gasteiger partial charge on any atom is 0.221 e. The van der Waals surface area contributed by atoms with Crippen LogP contribution in [0.5, 0.6) is 0 Å². The Balaban J connectivity index is 2.12. The molecular weight excluding hydrogens is 202 g/mol. The third-order valence-corrected chi connectivity index (χ3v) is 5.95. The van der Waals surface area contributed by atoms with Gasteiger partial charge < -0.3 is 0 Å². The van der Waals surface area contributed by atoms with Gasteiger partial charge in [-0.05, 0) is 30.6 Å². The lowest BCUT2D eigenvalue weighted by molar-refractivity contribution is -0.116. The molecule has 2 aliphatic carbocycles. The number of hydrazine groups is 1. The number of hydrogen-bond acceptors (Lipinski definition) is 3. The summed E-state index contributed by atoms with van der Waals surface area (Å²) in [5, 5.41) is 11.5. The number of hydrogen-bond donors (Lipinski definition) is 1. The van der Waals surface area contributed by atoms with E-state index in [-0.39, 0.29) is 10.8 Å². The summed E-state index contributed by atoms with van der Waals surface area (Å²) >= 11 is 0. The lowest BCUT2D eigenvalue weighted by atomic mass is 9.66. The number of carbonyl (C=O) groups excluding carboxylic acids is 1. The van der Waals surface area contributed by atoms with Gasteiger partial charge in [-0.2, -0.15) is 5.26 Å². The van der Waals surface area contributed by atoms with Crippen LogP contribution in [0.2, 0.25) is 0 Å². The Bertz CT molecular complexity index is 404. The first kappa shape index (κ1) is 10.1. The summed E-state index contributed by atoms with van der Waals surface area (Å²) in [6, 6.07) is 2.51. The Morgan fingerprint density at radius 1 is 1.56 bits per heavy atom. The highest BCUT2D eigenvalue weighted by Gasteiger charge is 2.78. The molecule has 0 radical (unpaired) electrons. The average Bonchev–Trinajstić information content (AvgIpc) is 2.69.